The van der Waals surface area contributed by atoms with Gasteiger partial charge in [-0.3, -0.25) is 10.1 Å². The number of nitrogens with two attached hydrogens (primary N) is 2. The number of amides is 3. The third-order valence-corrected chi connectivity index (χ3v) is 3.39. The number of imide groups is 1. The van der Waals surface area contributed by atoms with E-state index in [2.05, 4.69) is 43.4 Å². The Morgan fingerprint density at radius 1 is 1.14 bits per heavy atom. The Labute approximate surface area is 126 Å². The van der Waals surface area contributed by atoms with Gasteiger partial charge in [-0.05, 0) is 31.7 Å². The first-order chi connectivity index (χ1) is 9.79. The standard InChI is InChI=1S/C16H25N3O2/c1-10(2)9-13-5-7-14(8-6-13)11(3)18-12(4)15(20)19-16(17)21/h5-8,10-12,18H,9H2,1-4H3,(H3,17,19,20,21)/p+1/t11-,12-/m1/s1. The van der Waals surface area contributed by atoms with Crippen LogP contribution in [0.2, 0.25) is 0 Å². The van der Waals surface area contributed by atoms with E-state index in [0.717, 1.165) is 12.0 Å². The normalized spacial score (nSPS) is 13.8. The fourth-order valence-corrected chi connectivity index (χ4v) is 2.30. The van der Waals surface area contributed by atoms with E-state index in [-0.39, 0.29) is 18.0 Å². The summed E-state index contributed by atoms with van der Waals surface area (Å²) in [6.45, 7) is 8.18. The largest absolute Gasteiger partial charge is 0.351 e. The predicted molar refractivity (Wildman–Crippen MR) is 82.5 cm³/mol. The highest BCUT2D eigenvalue weighted by Crippen LogP contribution is 2.13. The van der Waals surface area contributed by atoms with Crippen LogP contribution in [0.15, 0.2) is 24.3 Å². The maximum Gasteiger partial charge on any atom is 0.319 e. The summed E-state index contributed by atoms with van der Waals surface area (Å²) in [5, 5.41) is 4.01. The molecule has 2 atom stereocenters. The average Bonchev–Trinajstić information content (AvgIpc) is 2.37. The summed E-state index contributed by atoms with van der Waals surface area (Å²) in [4.78, 5) is 22.3. The second-order valence-electron chi connectivity index (χ2n) is 5.96. The SMILES string of the molecule is CC(C)Cc1ccc([C@@H](C)[NH2+][C@H](C)C(=O)NC(N)=O)cc1. The van der Waals surface area contributed by atoms with Crippen LogP contribution < -0.4 is 16.4 Å². The van der Waals surface area contributed by atoms with Crippen LogP contribution in [0.5, 0.6) is 0 Å². The van der Waals surface area contributed by atoms with Crippen molar-refractivity contribution in [2.24, 2.45) is 11.7 Å². The number of carbonyl (C=O) groups is 2. The molecule has 21 heavy (non-hydrogen) atoms. The van der Waals surface area contributed by atoms with Gasteiger partial charge in [0, 0.05) is 5.56 Å². The molecule has 1 aromatic carbocycles. The van der Waals surface area contributed by atoms with Crippen molar-refractivity contribution in [2.45, 2.75) is 46.2 Å². The molecule has 1 rings (SSSR count). The van der Waals surface area contributed by atoms with Crippen LogP contribution in [-0.2, 0) is 11.2 Å². The molecule has 3 amide bonds. The van der Waals surface area contributed by atoms with E-state index in [1.807, 2.05) is 12.2 Å². The summed E-state index contributed by atoms with van der Waals surface area (Å²) < 4.78 is 0. The summed E-state index contributed by atoms with van der Waals surface area (Å²) in [6.07, 6.45) is 1.07. The van der Waals surface area contributed by atoms with Crippen molar-refractivity contribution in [3.8, 4) is 0 Å². The number of hydrogen-bond acceptors (Lipinski definition) is 2. The first-order valence-corrected chi connectivity index (χ1v) is 7.33. The Hall–Kier alpha value is -1.88. The number of carbonyl (C=O) groups excluding carboxylic acids is 2. The summed E-state index contributed by atoms with van der Waals surface area (Å²) in [7, 11) is 0. The predicted octanol–water partition coefficient (Wildman–Crippen LogP) is 1.09. The van der Waals surface area contributed by atoms with E-state index in [0.29, 0.717) is 5.92 Å². The molecular weight excluding hydrogens is 266 g/mol. The molecule has 0 heterocycles. The summed E-state index contributed by atoms with van der Waals surface area (Å²) in [5.41, 5.74) is 7.42. The van der Waals surface area contributed by atoms with Gasteiger partial charge in [0.15, 0.2) is 6.04 Å². The average molecular weight is 292 g/mol. The molecule has 5 N–H and O–H groups in total. The molecule has 0 fully saturated rings. The zero-order valence-corrected chi connectivity index (χ0v) is 13.2. The van der Waals surface area contributed by atoms with E-state index in [1.165, 1.54) is 5.56 Å². The Morgan fingerprint density at radius 2 is 1.71 bits per heavy atom. The van der Waals surface area contributed by atoms with Gasteiger partial charge >= 0.3 is 6.03 Å². The molecule has 0 aliphatic heterocycles. The molecule has 0 spiro atoms. The van der Waals surface area contributed by atoms with E-state index in [9.17, 15) is 9.59 Å². The molecule has 0 unspecified atom stereocenters. The number of benzene rings is 1. The molecule has 0 aliphatic rings. The molecule has 0 aliphatic carbocycles. The number of primary amides is 1. The highest BCUT2D eigenvalue weighted by Gasteiger charge is 2.21. The maximum atomic E-state index is 11.7. The van der Waals surface area contributed by atoms with Crippen LogP contribution >= 0.6 is 0 Å². The summed E-state index contributed by atoms with van der Waals surface area (Å²) in [5.74, 6) is 0.267. The summed E-state index contributed by atoms with van der Waals surface area (Å²) in [6, 6.07) is 7.40. The number of hydrogen-bond donors (Lipinski definition) is 3. The van der Waals surface area contributed by atoms with Gasteiger partial charge in [-0.2, -0.15) is 0 Å². The molecule has 0 saturated carbocycles. The fourth-order valence-electron chi connectivity index (χ4n) is 2.30. The van der Waals surface area contributed by atoms with E-state index >= 15 is 0 Å². The van der Waals surface area contributed by atoms with Gasteiger partial charge in [-0.15, -0.1) is 0 Å². The van der Waals surface area contributed by atoms with Crippen molar-refractivity contribution in [2.75, 3.05) is 0 Å². The first kappa shape index (κ1) is 17.2. The van der Waals surface area contributed by atoms with Crippen LogP contribution in [0.1, 0.15) is 44.9 Å². The minimum atomic E-state index is -0.814. The zero-order chi connectivity index (χ0) is 16.0. The number of urea groups is 1. The van der Waals surface area contributed by atoms with Gasteiger partial charge in [-0.1, -0.05) is 38.1 Å². The fraction of sp³-hybridized carbons (Fsp3) is 0.500. The second kappa shape index (κ2) is 7.78. The monoisotopic (exact) mass is 292 g/mol. The third kappa shape index (κ3) is 5.95. The molecule has 0 aromatic heterocycles. The third-order valence-electron chi connectivity index (χ3n) is 3.39. The molecule has 0 saturated heterocycles. The highest BCUT2D eigenvalue weighted by atomic mass is 16.2. The maximum absolute atomic E-state index is 11.7. The van der Waals surface area contributed by atoms with Crippen LogP contribution in [0.4, 0.5) is 4.79 Å². The highest BCUT2D eigenvalue weighted by molar-refractivity contribution is 5.95. The van der Waals surface area contributed by atoms with E-state index in [4.69, 9.17) is 5.73 Å². The van der Waals surface area contributed by atoms with Gasteiger partial charge in [0.1, 0.15) is 6.04 Å². The van der Waals surface area contributed by atoms with Gasteiger partial charge in [-0.25, -0.2) is 4.79 Å². The molecule has 5 nitrogen and oxygen atoms in total. The van der Waals surface area contributed by atoms with Gasteiger partial charge < -0.3 is 11.1 Å². The number of quaternary nitrogens is 1. The van der Waals surface area contributed by atoms with Gasteiger partial charge in [0.2, 0.25) is 0 Å². The lowest BCUT2D eigenvalue weighted by Crippen LogP contribution is -2.92. The Kier molecular flexibility index (Phi) is 6.37. The minimum absolute atomic E-state index is 0.131. The van der Waals surface area contributed by atoms with Crippen LogP contribution in [0, 0.1) is 5.92 Å². The lowest BCUT2D eigenvalue weighted by Gasteiger charge is -2.16. The molecule has 0 bridgehead atoms. The van der Waals surface area contributed by atoms with Crippen molar-refractivity contribution in [1.29, 1.82) is 0 Å². The van der Waals surface area contributed by atoms with Crippen molar-refractivity contribution >= 4 is 11.9 Å². The van der Waals surface area contributed by atoms with Crippen LogP contribution in [-0.4, -0.2) is 18.0 Å². The smallest absolute Gasteiger partial charge is 0.319 e. The van der Waals surface area contributed by atoms with Crippen molar-refractivity contribution in [3.63, 3.8) is 0 Å². The lowest BCUT2D eigenvalue weighted by molar-refractivity contribution is -0.710. The zero-order valence-electron chi connectivity index (χ0n) is 13.2. The van der Waals surface area contributed by atoms with E-state index < -0.39 is 6.03 Å². The molecule has 5 heteroatoms. The second-order valence-corrected chi connectivity index (χ2v) is 5.96. The van der Waals surface area contributed by atoms with Crippen molar-refractivity contribution < 1.29 is 14.9 Å². The summed E-state index contributed by atoms with van der Waals surface area (Å²) >= 11 is 0. The number of rotatable bonds is 6. The Morgan fingerprint density at radius 3 is 2.19 bits per heavy atom. The Bertz CT molecular complexity index is 483. The first-order valence-electron chi connectivity index (χ1n) is 7.33. The minimum Gasteiger partial charge on any atom is -0.351 e. The van der Waals surface area contributed by atoms with Crippen LogP contribution in [0.3, 0.4) is 0 Å². The number of nitrogens with one attached hydrogen (secondary N) is 1. The van der Waals surface area contributed by atoms with Gasteiger partial charge in [0.25, 0.3) is 5.91 Å². The molecule has 1 aromatic rings. The van der Waals surface area contributed by atoms with Crippen molar-refractivity contribution in [3.05, 3.63) is 35.4 Å². The lowest BCUT2D eigenvalue weighted by atomic mass is 9.99. The quantitative estimate of drug-likeness (QED) is 0.733. The topological polar surface area (TPSA) is 88.8 Å². The van der Waals surface area contributed by atoms with E-state index in [1.54, 1.807) is 6.92 Å². The van der Waals surface area contributed by atoms with Gasteiger partial charge in [0.05, 0.1) is 0 Å². The molecular formula is C16H26N3O2+. The van der Waals surface area contributed by atoms with Crippen molar-refractivity contribution in [1.82, 2.24) is 5.32 Å². The van der Waals surface area contributed by atoms with Crippen LogP contribution in [0.25, 0.3) is 0 Å². The Balaban J connectivity index is 2.60. The molecule has 0 radical (unpaired) electrons. The molecule has 116 valence electrons.